The molecule has 1 fully saturated rings. The Bertz CT molecular complexity index is 1430. The van der Waals surface area contributed by atoms with Crippen LogP contribution in [0, 0.1) is 0 Å². The predicted molar refractivity (Wildman–Crippen MR) is 134 cm³/mol. The van der Waals surface area contributed by atoms with Gasteiger partial charge in [-0.15, -0.1) is 0 Å². The molecule has 7 nitrogen and oxygen atoms in total. The van der Waals surface area contributed by atoms with Crippen molar-refractivity contribution in [1.29, 1.82) is 0 Å². The van der Waals surface area contributed by atoms with Gasteiger partial charge >= 0.3 is 6.03 Å². The Hall–Kier alpha value is -4.39. The molecule has 1 saturated heterocycles. The van der Waals surface area contributed by atoms with E-state index in [1.54, 1.807) is 0 Å². The highest BCUT2D eigenvalue weighted by molar-refractivity contribution is 5.93. The minimum absolute atomic E-state index is 0.0849. The molecule has 0 bridgehead atoms. The van der Waals surface area contributed by atoms with Crippen LogP contribution in [0.5, 0.6) is 0 Å². The number of H-pyrrole nitrogens is 2. The van der Waals surface area contributed by atoms with Crippen molar-refractivity contribution in [3.63, 3.8) is 0 Å². The summed E-state index contributed by atoms with van der Waals surface area (Å²) in [5.74, 6) is 0.379. The summed E-state index contributed by atoms with van der Waals surface area (Å²) in [4.78, 5) is 31.1. The number of carbonyl (C=O) groups is 1. The van der Waals surface area contributed by atoms with Gasteiger partial charge in [-0.1, -0.05) is 30.3 Å². The number of amides is 2. The van der Waals surface area contributed by atoms with Crippen molar-refractivity contribution >= 4 is 22.8 Å². The van der Waals surface area contributed by atoms with E-state index in [4.69, 9.17) is 9.97 Å². The number of aromatic nitrogens is 4. The van der Waals surface area contributed by atoms with E-state index in [1.165, 1.54) is 5.56 Å². The molecular formula is C27H24N6O. The highest BCUT2D eigenvalue weighted by Gasteiger charge is 2.27. The van der Waals surface area contributed by atoms with Gasteiger partial charge in [0.2, 0.25) is 0 Å². The first-order valence-corrected chi connectivity index (χ1v) is 11.4. The van der Waals surface area contributed by atoms with E-state index in [9.17, 15) is 4.79 Å². The summed E-state index contributed by atoms with van der Waals surface area (Å²) in [7, 11) is 0. The molecule has 1 aliphatic heterocycles. The monoisotopic (exact) mass is 448 g/mol. The SMILES string of the molecule is O=C(Nc1ccc2nc(-c3ccc[nH]3)c(-c3ccc[nH]3)nc2c1)N1CCC(c2ccccc2)C1. The molecule has 5 aromatic rings. The molecule has 6 rings (SSSR count). The van der Waals surface area contributed by atoms with Crippen molar-refractivity contribution in [2.24, 2.45) is 0 Å². The van der Waals surface area contributed by atoms with E-state index in [1.807, 2.05) is 65.8 Å². The van der Waals surface area contributed by atoms with Crippen molar-refractivity contribution in [2.75, 3.05) is 18.4 Å². The molecule has 1 atom stereocenters. The molecule has 3 aromatic heterocycles. The number of nitrogens with one attached hydrogen (secondary N) is 3. The predicted octanol–water partition coefficient (Wildman–Crippen LogP) is 5.64. The third-order valence-corrected chi connectivity index (χ3v) is 6.37. The first-order valence-electron chi connectivity index (χ1n) is 11.4. The number of likely N-dealkylation sites (tertiary alicyclic amines) is 1. The van der Waals surface area contributed by atoms with Gasteiger partial charge in [0, 0.05) is 37.1 Å². The summed E-state index contributed by atoms with van der Waals surface area (Å²) in [6.45, 7) is 1.47. The van der Waals surface area contributed by atoms with Crippen LogP contribution in [0.2, 0.25) is 0 Å². The normalized spacial score (nSPS) is 15.6. The molecule has 168 valence electrons. The van der Waals surface area contributed by atoms with Crippen molar-refractivity contribution in [3.8, 4) is 22.8 Å². The lowest BCUT2D eigenvalue weighted by atomic mass is 9.99. The van der Waals surface area contributed by atoms with Gasteiger partial charge in [-0.05, 0) is 54.4 Å². The van der Waals surface area contributed by atoms with Gasteiger partial charge in [0.15, 0.2) is 0 Å². The molecule has 34 heavy (non-hydrogen) atoms. The summed E-state index contributed by atoms with van der Waals surface area (Å²) < 4.78 is 0. The van der Waals surface area contributed by atoms with E-state index in [0.717, 1.165) is 53.3 Å². The van der Waals surface area contributed by atoms with Crippen molar-refractivity contribution < 1.29 is 4.79 Å². The van der Waals surface area contributed by atoms with E-state index in [2.05, 4.69) is 39.6 Å². The average Bonchev–Trinajstić information content (AvgIpc) is 3.66. The first-order chi connectivity index (χ1) is 16.7. The number of anilines is 1. The van der Waals surface area contributed by atoms with Crippen LogP contribution in [0.25, 0.3) is 33.8 Å². The van der Waals surface area contributed by atoms with Gasteiger partial charge in [0.1, 0.15) is 11.4 Å². The van der Waals surface area contributed by atoms with Crippen LogP contribution in [0.3, 0.4) is 0 Å². The van der Waals surface area contributed by atoms with Crippen LogP contribution in [0.15, 0.2) is 85.2 Å². The Morgan fingerprint density at radius 1 is 0.853 bits per heavy atom. The van der Waals surface area contributed by atoms with Crippen molar-refractivity contribution in [1.82, 2.24) is 24.8 Å². The summed E-state index contributed by atoms with van der Waals surface area (Å²) in [6, 6.07) is 23.8. The largest absolute Gasteiger partial charge is 0.360 e. The second kappa shape index (κ2) is 8.51. The van der Waals surface area contributed by atoms with Crippen LogP contribution >= 0.6 is 0 Å². The molecule has 3 N–H and O–H groups in total. The van der Waals surface area contributed by atoms with Crippen molar-refractivity contribution in [2.45, 2.75) is 12.3 Å². The number of rotatable bonds is 4. The molecule has 7 heteroatoms. The highest BCUT2D eigenvalue weighted by atomic mass is 16.2. The topological polar surface area (TPSA) is 89.7 Å². The molecule has 1 aliphatic rings. The number of urea groups is 1. The van der Waals surface area contributed by atoms with Crippen LogP contribution < -0.4 is 5.32 Å². The molecule has 0 radical (unpaired) electrons. The number of fused-ring (bicyclic) bond motifs is 1. The van der Waals surface area contributed by atoms with Gasteiger partial charge in [-0.3, -0.25) is 0 Å². The molecule has 1 unspecified atom stereocenters. The third kappa shape index (κ3) is 3.81. The fraction of sp³-hybridized carbons (Fsp3) is 0.148. The zero-order chi connectivity index (χ0) is 22.9. The Labute approximate surface area is 196 Å². The highest BCUT2D eigenvalue weighted by Crippen LogP contribution is 2.31. The first kappa shape index (κ1) is 20.2. The van der Waals surface area contributed by atoms with E-state index < -0.39 is 0 Å². The zero-order valence-electron chi connectivity index (χ0n) is 18.5. The number of aromatic amines is 2. The van der Waals surface area contributed by atoms with Gasteiger partial charge in [0.05, 0.1) is 22.4 Å². The van der Waals surface area contributed by atoms with Gasteiger partial charge in [0.25, 0.3) is 0 Å². The molecule has 4 heterocycles. The second-order valence-electron chi connectivity index (χ2n) is 8.56. The Kier molecular flexibility index (Phi) is 5.07. The van der Waals surface area contributed by atoms with Gasteiger partial charge < -0.3 is 20.2 Å². The smallest absolute Gasteiger partial charge is 0.321 e. The van der Waals surface area contributed by atoms with Gasteiger partial charge in [-0.25, -0.2) is 14.8 Å². The third-order valence-electron chi connectivity index (χ3n) is 6.37. The summed E-state index contributed by atoms with van der Waals surface area (Å²) >= 11 is 0. The average molecular weight is 449 g/mol. The van der Waals surface area contributed by atoms with E-state index in [0.29, 0.717) is 11.6 Å². The maximum absolute atomic E-state index is 13.0. The lowest BCUT2D eigenvalue weighted by Gasteiger charge is -2.18. The number of nitrogens with zero attached hydrogens (tertiary/aromatic N) is 3. The van der Waals surface area contributed by atoms with E-state index in [-0.39, 0.29) is 6.03 Å². The molecule has 2 aromatic carbocycles. The van der Waals surface area contributed by atoms with Crippen molar-refractivity contribution in [3.05, 3.63) is 90.8 Å². The molecular weight excluding hydrogens is 424 g/mol. The van der Waals surface area contributed by atoms with E-state index >= 15 is 0 Å². The van der Waals surface area contributed by atoms with Crippen LogP contribution in [0.4, 0.5) is 10.5 Å². The number of hydrogen-bond donors (Lipinski definition) is 3. The fourth-order valence-corrected chi connectivity index (χ4v) is 4.61. The minimum Gasteiger partial charge on any atom is -0.360 e. The quantitative estimate of drug-likeness (QED) is 0.332. The molecule has 0 spiro atoms. The molecule has 2 amide bonds. The molecule has 0 saturated carbocycles. The summed E-state index contributed by atoms with van der Waals surface area (Å²) in [5.41, 5.74) is 6.81. The van der Waals surface area contributed by atoms with Crippen LogP contribution in [-0.4, -0.2) is 44.0 Å². The second-order valence-corrected chi connectivity index (χ2v) is 8.56. The zero-order valence-corrected chi connectivity index (χ0v) is 18.5. The Balaban J connectivity index is 1.26. The maximum atomic E-state index is 13.0. The summed E-state index contributed by atoms with van der Waals surface area (Å²) in [5, 5.41) is 3.05. The number of hydrogen-bond acceptors (Lipinski definition) is 3. The number of benzene rings is 2. The Morgan fingerprint density at radius 3 is 2.24 bits per heavy atom. The van der Waals surface area contributed by atoms with Crippen LogP contribution in [-0.2, 0) is 0 Å². The minimum atomic E-state index is -0.0849. The Morgan fingerprint density at radius 2 is 1.56 bits per heavy atom. The van der Waals surface area contributed by atoms with Gasteiger partial charge in [-0.2, -0.15) is 0 Å². The lowest BCUT2D eigenvalue weighted by molar-refractivity contribution is 0.222. The fourth-order valence-electron chi connectivity index (χ4n) is 4.61. The lowest BCUT2D eigenvalue weighted by Crippen LogP contribution is -2.32. The maximum Gasteiger partial charge on any atom is 0.321 e. The standard InChI is InChI=1S/C27H24N6O/c34-27(33-15-12-19(17-33)18-6-2-1-3-7-18)30-20-10-11-21-24(16-20)32-26(23-9-5-14-29-23)25(31-21)22-8-4-13-28-22/h1-11,13-14,16,19,28-29H,12,15,17H2,(H,30,34). The number of carbonyl (C=O) groups excluding carboxylic acids is 1. The molecule has 0 aliphatic carbocycles. The van der Waals surface area contributed by atoms with Crippen LogP contribution in [0.1, 0.15) is 17.9 Å². The summed E-state index contributed by atoms with van der Waals surface area (Å²) in [6.07, 6.45) is 4.72.